The van der Waals surface area contributed by atoms with Crippen LogP contribution in [0.1, 0.15) is 30.3 Å². The number of imidazole rings is 1. The van der Waals surface area contributed by atoms with Crippen molar-refractivity contribution in [2.24, 2.45) is 0 Å². The Balaban J connectivity index is 1.53. The highest BCUT2D eigenvalue weighted by molar-refractivity contribution is 5.46. The molecule has 0 amide bonds. The second-order valence-electron chi connectivity index (χ2n) is 6.32. The van der Waals surface area contributed by atoms with Gasteiger partial charge in [0.25, 0.3) is 0 Å². The van der Waals surface area contributed by atoms with Crippen LogP contribution < -0.4 is 10.6 Å². The maximum atomic E-state index is 5.80. The molecule has 1 aliphatic heterocycles. The van der Waals surface area contributed by atoms with Crippen molar-refractivity contribution in [2.75, 3.05) is 23.7 Å². The van der Waals surface area contributed by atoms with Crippen LogP contribution in [-0.4, -0.2) is 37.6 Å². The van der Waals surface area contributed by atoms with Crippen molar-refractivity contribution in [2.45, 2.75) is 25.3 Å². The van der Waals surface area contributed by atoms with Crippen molar-refractivity contribution in [3.8, 4) is 0 Å². The van der Waals surface area contributed by atoms with E-state index >= 15 is 0 Å². The first-order valence-electron chi connectivity index (χ1n) is 8.53. The molecule has 7 heteroatoms. The number of anilines is 2. The van der Waals surface area contributed by atoms with E-state index in [1.54, 1.807) is 0 Å². The summed E-state index contributed by atoms with van der Waals surface area (Å²) in [5.74, 6) is 2.87. The topological polar surface area (TPSA) is 85.8 Å². The number of rotatable bonds is 4. The molecule has 0 unspecified atom stereocenters. The molecular weight excluding hydrogens is 314 g/mol. The highest BCUT2D eigenvalue weighted by Crippen LogP contribution is 2.28. The first-order chi connectivity index (χ1) is 12.3. The van der Waals surface area contributed by atoms with Crippen LogP contribution in [0.4, 0.5) is 11.6 Å². The maximum absolute atomic E-state index is 5.80. The molecule has 0 bridgehead atoms. The molecule has 1 atom stereocenters. The summed E-state index contributed by atoms with van der Waals surface area (Å²) in [5, 5.41) is 0. The number of nitrogen functional groups attached to an aromatic ring is 1. The summed E-state index contributed by atoms with van der Waals surface area (Å²) in [6.07, 6.45) is 9.48. The molecule has 0 radical (unpaired) electrons. The lowest BCUT2D eigenvalue weighted by Gasteiger charge is -2.33. The Kier molecular flexibility index (Phi) is 4.28. The smallest absolute Gasteiger partial charge is 0.134 e. The van der Waals surface area contributed by atoms with Crippen LogP contribution in [0, 0.1) is 0 Å². The fourth-order valence-corrected chi connectivity index (χ4v) is 3.41. The summed E-state index contributed by atoms with van der Waals surface area (Å²) in [7, 11) is 0. The number of aromatic nitrogens is 5. The lowest BCUT2D eigenvalue weighted by atomic mass is 9.97. The first-order valence-corrected chi connectivity index (χ1v) is 8.53. The van der Waals surface area contributed by atoms with E-state index in [0.29, 0.717) is 11.7 Å². The molecule has 4 rings (SSSR count). The van der Waals surface area contributed by atoms with Crippen molar-refractivity contribution >= 4 is 11.6 Å². The third-order valence-corrected chi connectivity index (χ3v) is 4.59. The summed E-state index contributed by atoms with van der Waals surface area (Å²) < 4.78 is 2.20. The highest BCUT2D eigenvalue weighted by atomic mass is 15.2. The van der Waals surface area contributed by atoms with E-state index in [4.69, 9.17) is 5.73 Å². The van der Waals surface area contributed by atoms with E-state index < -0.39 is 0 Å². The van der Waals surface area contributed by atoms with Gasteiger partial charge in [0.2, 0.25) is 0 Å². The lowest BCUT2D eigenvalue weighted by Crippen LogP contribution is -2.36. The first kappa shape index (κ1) is 15.6. The Morgan fingerprint density at radius 2 is 2.08 bits per heavy atom. The Bertz CT molecular complexity index is 830. The summed E-state index contributed by atoms with van der Waals surface area (Å²) in [4.78, 5) is 19.7. The zero-order valence-corrected chi connectivity index (χ0v) is 14.0. The molecule has 0 spiro atoms. The molecule has 7 nitrogen and oxygen atoms in total. The average Bonchev–Trinajstić information content (AvgIpc) is 3.11. The van der Waals surface area contributed by atoms with Gasteiger partial charge in [0.1, 0.15) is 23.8 Å². The highest BCUT2D eigenvalue weighted by Gasteiger charge is 2.25. The SMILES string of the molecule is Nc1cc(N2CCC[C@@H](c3nccn3Cc3ccccn3)C2)ncn1. The molecule has 0 aromatic carbocycles. The van der Waals surface area contributed by atoms with Crippen molar-refractivity contribution in [3.63, 3.8) is 0 Å². The van der Waals surface area contributed by atoms with Crippen LogP contribution in [0.15, 0.2) is 49.2 Å². The Labute approximate surface area is 146 Å². The van der Waals surface area contributed by atoms with E-state index in [0.717, 1.165) is 49.8 Å². The van der Waals surface area contributed by atoms with Gasteiger partial charge in [-0.25, -0.2) is 15.0 Å². The zero-order chi connectivity index (χ0) is 17.1. The predicted octanol–water partition coefficient (Wildman–Crippen LogP) is 2.08. The van der Waals surface area contributed by atoms with Crippen molar-refractivity contribution in [1.82, 2.24) is 24.5 Å². The number of hydrogen-bond acceptors (Lipinski definition) is 6. The zero-order valence-electron chi connectivity index (χ0n) is 14.0. The van der Waals surface area contributed by atoms with Crippen molar-refractivity contribution < 1.29 is 0 Å². The minimum absolute atomic E-state index is 0.364. The number of piperidine rings is 1. The van der Waals surface area contributed by atoms with Crippen molar-refractivity contribution in [1.29, 1.82) is 0 Å². The molecule has 1 aliphatic rings. The van der Waals surface area contributed by atoms with Gasteiger partial charge >= 0.3 is 0 Å². The molecule has 128 valence electrons. The van der Waals surface area contributed by atoms with Crippen LogP contribution in [0.5, 0.6) is 0 Å². The van der Waals surface area contributed by atoms with Gasteiger partial charge in [-0.1, -0.05) is 6.07 Å². The summed E-state index contributed by atoms with van der Waals surface area (Å²) in [5.41, 5.74) is 6.84. The molecule has 4 heterocycles. The number of hydrogen-bond donors (Lipinski definition) is 1. The summed E-state index contributed by atoms with van der Waals surface area (Å²) in [6, 6.07) is 7.83. The molecule has 0 aliphatic carbocycles. The summed E-state index contributed by atoms with van der Waals surface area (Å²) in [6.45, 7) is 2.61. The molecule has 0 saturated carbocycles. The molecule has 3 aromatic rings. The second kappa shape index (κ2) is 6.88. The van der Waals surface area contributed by atoms with Gasteiger partial charge < -0.3 is 15.2 Å². The van der Waals surface area contributed by atoms with Crippen LogP contribution in [-0.2, 0) is 6.54 Å². The van der Waals surface area contributed by atoms with Gasteiger partial charge in [-0.2, -0.15) is 0 Å². The fraction of sp³-hybridized carbons (Fsp3) is 0.333. The molecule has 1 fully saturated rings. The minimum Gasteiger partial charge on any atom is -0.384 e. The second-order valence-corrected chi connectivity index (χ2v) is 6.32. The van der Waals surface area contributed by atoms with E-state index in [-0.39, 0.29) is 0 Å². The minimum atomic E-state index is 0.364. The maximum Gasteiger partial charge on any atom is 0.134 e. The summed E-state index contributed by atoms with van der Waals surface area (Å²) >= 11 is 0. The number of nitrogens with zero attached hydrogens (tertiary/aromatic N) is 6. The largest absolute Gasteiger partial charge is 0.384 e. The van der Waals surface area contributed by atoms with Gasteiger partial charge in [0.05, 0.1) is 12.2 Å². The van der Waals surface area contributed by atoms with Gasteiger partial charge in [-0.3, -0.25) is 4.98 Å². The van der Waals surface area contributed by atoms with E-state index in [2.05, 4.69) is 29.4 Å². The lowest BCUT2D eigenvalue weighted by molar-refractivity contribution is 0.473. The molecule has 3 aromatic heterocycles. The van der Waals surface area contributed by atoms with Gasteiger partial charge in [0.15, 0.2) is 0 Å². The monoisotopic (exact) mass is 335 g/mol. The molecule has 1 saturated heterocycles. The third-order valence-electron chi connectivity index (χ3n) is 4.59. The normalized spacial score (nSPS) is 17.6. The van der Waals surface area contributed by atoms with E-state index in [1.807, 2.05) is 42.9 Å². The standard InChI is InChI=1S/C18H21N7/c19-16-10-17(23-13-22-16)24-8-3-4-14(11-24)18-21-7-9-25(18)12-15-5-1-2-6-20-15/h1-2,5-7,9-10,13-14H,3-4,8,11-12H2,(H2,19,22,23)/t14-/m1/s1. The molecular formula is C18H21N7. The Morgan fingerprint density at radius 3 is 2.92 bits per heavy atom. The quantitative estimate of drug-likeness (QED) is 0.786. The van der Waals surface area contributed by atoms with Crippen LogP contribution in [0.3, 0.4) is 0 Å². The predicted molar refractivity (Wildman–Crippen MR) is 96.2 cm³/mol. The third kappa shape index (κ3) is 3.45. The molecule has 25 heavy (non-hydrogen) atoms. The van der Waals surface area contributed by atoms with Crippen LogP contribution in [0.25, 0.3) is 0 Å². The van der Waals surface area contributed by atoms with Crippen molar-refractivity contribution in [3.05, 3.63) is 60.7 Å². The van der Waals surface area contributed by atoms with E-state index in [9.17, 15) is 0 Å². The van der Waals surface area contributed by atoms with Gasteiger partial charge in [-0.15, -0.1) is 0 Å². The van der Waals surface area contributed by atoms with Gasteiger partial charge in [-0.05, 0) is 25.0 Å². The molecule has 2 N–H and O–H groups in total. The van der Waals surface area contributed by atoms with E-state index in [1.165, 1.54) is 6.33 Å². The van der Waals surface area contributed by atoms with Crippen LogP contribution in [0.2, 0.25) is 0 Å². The number of pyridine rings is 1. The average molecular weight is 335 g/mol. The number of nitrogens with two attached hydrogens (primary N) is 1. The van der Waals surface area contributed by atoms with Crippen LogP contribution >= 0.6 is 0 Å². The Hall–Kier alpha value is -2.96. The fourth-order valence-electron chi connectivity index (χ4n) is 3.41. The van der Waals surface area contributed by atoms with Gasteiger partial charge in [0, 0.05) is 43.7 Å². The Morgan fingerprint density at radius 1 is 1.12 bits per heavy atom.